The molecule has 3 rings (SSSR count). The van der Waals surface area contributed by atoms with Crippen LogP contribution in [0, 0.1) is 5.92 Å². The number of nitrogens with one attached hydrogen (secondary N) is 2. The van der Waals surface area contributed by atoms with Gasteiger partial charge in [-0.1, -0.05) is 12.1 Å². The minimum absolute atomic E-state index is 0.0660. The number of nitrogens with two attached hydrogens (primary N) is 1. The first-order chi connectivity index (χ1) is 12.9. The highest BCUT2D eigenvalue weighted by Gasteiger charge is 2.29. The predicted octanol–water partition coefficient (Wildman–Crippen LogP) is 3.25. The van der Waals surface area contributed by atoms with Crippen molar-refractivity contribution in [3.63, 3.8) is 0 Å². The fourth-order valence-electron chi connectivity index (χ4n) is 2.51. The van der Waals surface area contributed by atoms with Crippen molar-refractivity contribution in [2.45, 2.75) is 29.9 Å². The standard InChI is InChI=1S/C20H21N3O3S/c1-12(19(25)23-17-5-3-2-4-16(17)18(21)24)27-15-10-8-14(9-11-15)22-20(26)13-6-7-13/h2-5,8-13H,6-7H2,1H3,(H2,21,24)(H,22,26)(H,23,25). The summed E-state index contributed by atoms with van der Waals surface area (Å²) in [7, 11) is 0. The van der Waals surface area contributed by atoms with Gasteiger partial charge in [-0.25, -0.2) is 0 Å². The second-order valence-electron chi connectivity index (χ2n) is 6.45. The fraction of sp³-hybridized carbons (Fsp3) is 0.250. The van der Waals surface area contributed by atoms with Crippen molar-refractivity contribution in [3.8, 4) is 0 Å². The summed E-state index contributed by atoms with van der Waals surface area (Å²) in [6, 6.07) is 14.0. The van der Waals surface area contributed by atoms with E-state index in [4.69, 9.17) is 5.73 Å². The summed E-state index contributed by atoms with van der Waals surface area (Å²) >= 11 is 1.39. The van der Waals surface area contributed by atoms with Crippen LogP contribution in [0.15, 0.2) is 53.4 Å². The molecule has 0 heterocycles. The SMILES string of the molecule is CC(Sc1ccc(NC(=O)C2CC2)cc1)C(=O)Nc1ccccc1C(N)=O. The Balaban J connectivity index is 1.58. The summed E-state index contributed by atoms with van der Waals surface area (Å²) in [5.41, 5.74) is 6.77. The van der Waals surface area contributed by atoms with E-state index in [-0.39, 0.29) is 28.5 Å². The monoisotopic (exact) mass is 383 g/mol. The topological polar surface area (TPSA) is 101 Å². The second kappa shape index (κ2) is 8.26. The molecule has 2 aromatic rings. The number of thioether (sulfide) groups is 1. The van der Waals surface area contributed by atoms with Crippen LogP contribution in [0.5, 0.6) is 0 Å². The summed E-state index contributed by atoms with van der Waals surface area (Å²) in [4.78, 5) is 36.6. The highest BCUT2D eigenvalue weighted by atomic mass is 32.2. The Labute approximate surface area is 161 Å². The van der Waals surface area contributed by atoms with Crippen LogP contribution >= 0.6 is 11.8 Å². The molecule has 0 saturated heterocycles. The van der Waals surface area contributed by atoms with E-state index in [0.717, 1.165) is 23.4 Å². The first-order valence-electron chi connectivity index (χ1n) is 8.71. The molecule has 0 spiro atoms. The molecule has 27 heavy (non-hydrogen) atoms. The largest absolute Gasteiger partial charge is 0.366 e. The Morgan fingerprint density at radius 3 is 2.33 bits per heavy atom. The van der Waals surface area contributed by atoms with E-state index in [0.29, 0.717) is 5.69 Å². The van der Waals surface area contributed by atoms with E-state index in [1.54, 1.807) is 31.2 Å². The molecular weight excluding hydrogens is 362 g/mol. The van der Waals surface area contributed by atoms with E-state index in [1.165, 1.54) is 11.8 Å². The first kappa shape index (κ1) is 19.0. The lowest BCUT2D eigenvalue weighted by Crippen LogP contribution is -2.24. The van der Waals surface area contributed by atoms with Crippen LogP contribution in [0.1, 0.15) is 30.1 Å². The lowest BCUT2D eigenvalue weighted by molar-refractivity contribution is -0.117. The summed E-state index contributed by atoms with van der Waals surface area (Å²) in [6.07, 6.45) is 1.93. The number of primary amides is 1. The van der Waals surface area contributed by atoms with Crippen molar-refractivity contribution in [2.24, 2.45) is 11.7 Å². The molecule has 3 amide bonds. The van der Waals surface area contributed by atoms with Gasteiger partial charge in [-0.2, -0.15) is 0 Å². The Morgan fingerprint density at radius 1 is 1.04 bits per heavy atom. The third kappa shape index (κ3) is 5.10. The number of anilines is 2. The fourth-order valence-corrected chi connectivity index (χ4v) is 3.37. The van der Waals surface area contributed by atoms with Crippen molar-refractivity contribution < 1.29 is 14.4 Å². The van der Waals surface area contributed by atoms with Crippen molar-refractivity contribution in [1.82, 2.24) is 0 Å². The van der Waals surface area contributed by atoms with Gasteiger partial charge in [0, 0.05) is 16.5 Å². The number of para-hydroxylation sites is 1. The normalized spacial score (nSPS) is 14.3. The van der Waals surface area contributed by atoms with Crippen LogP contribution in [0.4, 0.5) is 11.4 Å². The van der Waals surface area contributed by atoms with E-state index in [2.05, 4.69) is 10.6 Å². The zero-order valence-electron chi connectivity index (χ0n) is 14.9. The number of benzene rings is 2. The molecule has 0 aromatic heterocycles. The smallest absolute Gasteiger partial charge is 0.250 e. The molecule has 0 aliphatic heterocycles. The van der Waals surface area contributed by atoms with Crippen molar-refractivity contribution in [2.75, 3.05) is 10.6 Å². The summed E-state index contributed by atoms with van der Waals surface area (Å²) in [5.74, 6) is -0.586. The number of amides is 3. The van der Waals surface area contributed by atoms with Gasteiger partial charge < -0.3 is 16.4 Å². The zero-order valence-corrected chi connectivity index (χ0v) is 15.7. The van der Waals surface area contributed by atoms with Crippen LogP contribution in [-0.4, -0.2) is 23.0 Å². The predicted molar refractivity (Wildman–Crippen MR) is 107 cm³/mol. The summed E-state index contributed by atoms with van der Waals surface area (Å²) < 4.78 is 0. The number of rotatable bonds is 7. The maximum Gasteiger partial charge on any atom is 0.250 e. The van der Waals surface area contributed by atoms with Crippen LogP contribution in [0.25, 0.3) is 0 Å². The van der Waals surface area contributed by atoms with Gasteiger partial charge in [0.25, 0.3) is 5.91 Å². The maximum atomic E-state index is 12.4. The minimum atomic E-state index is -0.588. The Morgan fingerprint density at radius 2 is 1.70 bits per heavy atom. The third-order valence-electron chi connectivity index (χ3n) is 4.20. The molecule has 140 valence electrons. The van der Waals surface area contributed by atoms with Gasteiger partial charge >= 0.3 is 0 Å². The number of hydrogen-bond donors (Lipinski definition) is 3. The molecular formula is C20H21N3O3S. The average molecular weight is 383 g/mol. The van der Waals surface area contributed by atoms with E-state index >= 15 is 0 Å². The quantitative estimate of drug-likeness (QED) is 0.639. The molecule has 0 radical (unpaired) electrons. The van der Waals surface area contributed by atoms with Crippen LogP contribution in [0.2, 0.25) is 0 Å². The van der Waals surface area contributed by atoms with Gasteiger partial charge in [0.2, 0.25) is 11.8 Å². The zero-order chi connectivity index (χ0) is 19.4. The number of carbonyl (C=O) groups excluding carboxylic acids is 3. The molecule has 1 aliphatic rings. The van der Waals surface area contributed by atoms with Crippen LogP contribution in [0.3, 0.4) is 0 Å². The van der Waals surface area contributed by atoms with E-state index in [9.17, 15) is 14.4 Å². The molecule has 4 N–H and O–H groups in total. The lowest BCUT2D eigenvalue weighted by Gasteiger charge is -2.14. The number of carbonyl (C=O) groups is 3. The Hall–Kier alpha value is -2.80. The molecule has 2 aromatic carbocycles. The number of hydrogen-bond acceptors (Lipinski definition) is 4. The van der Waals surface area contributed by atoms with Gasteiger partial charge in [-0.15, -0.1) is 11.8 Å². The van der Waals surface area contributed by atoms with Gasteiger partial charge in [0.1, 0.15) is 0 Å². The molecule has 1 fully saturated rings. The molecule has 7 heteroatoms. The van der Waals surface area contributed by atoms with Gasteiger partial charge in [-0.3, -0.25) is 14.4 Å². The van der Waals surface area contributed by atoms with Crippen molar-refractivity contribution in [3.05, 3.63) is 54.1 Å². The molecule has 1 saturated carbocycles. The Bertz CT molecular complexity index is 863. The highest BCUT2D eigenvalue weighted by molar-refractivity contribution is 8.00. The lowest BCUT2D eigenvalue weighted by atomic mass is 10.1. The molecule has 1 atom stereocenters. The van der Waals surface area contributed by atoms with Crippen LogP contribution in [-0.2, 0) is 9.59 Å². The Kier molecular flexibility index (Phi) is 5.81. The van der Waals surface area contributed by atoms with Gasteiger partial charge in [0.05, 0.1) is 16.5 Å². The maximum absolute atomic E-state index is 12.4. The van der Waals surface area contributed by atoms with Crippen molar-refractivity contribution in [1.29, 1.82) is 0 Å². The average Bonchev–Trinajstić information content (AvgIpc) is 3.49. The summed E-state index contributed by atoms with van der Waals surface area (Å²) in [6.45, 7) is 1.79. The van der Waals surface area contributed by atoms with Crippen molar-refractivity contribution >= 4 is 40.9 Å². The van der Waals surface area contributed by atoms with Gasteiger partial charge in [0.15, 0.2) is 0 Å². The molecule has 1 unspecified atom stereocenters. The molecule has 1 aliphatic carbocycles. The van der Waals surface area contributed by atoms with Gasteiger partial charge in [-0.05, 0) is 56.2 Å². The summed E-state index contributed by atoms with van der Waals surface area (Å²) in [5, 5.41) is 5.26. The van der Waals surface area contributed by atoms with E-state index < -0.39 is 5.91 Å². The highest BCUT2D eigenvalue weighted by Crippen LogP contribution is 2.31. The molecule has 0 bridgehead atoms. The minimum Gasteiger partial charge on any atom is -0.366 e. The first-order valence-corrected chi connectivity index (χ1v) is 9.59. The second-order valence-corrected chi connectivity index (χ2v) is 7.86. The third-order valence-corrected chi connectivity index (χ3v) is 5.31. The molecule has 6 nitrogen and oxygen atoms in total. The van der Waals surface area contributed by atoms with Crippen LogP contribution < -0.4 is 16.4 Å². The van der Waals surface area contributed by atoms with E-state index in [1.807, 2.05) is 24.3 Å².